The molecule has 2 aromatic rings. The lowest BCUT2D eigenvalue weighted by Gasteiger charge is -2.46. The summed E-state index contributed by atoms with van der Waals surface area (Å²) in [5.41, 5.74) is 0.685. The van der Waals surface area contributed by atoms with Crippen LogP contribution in [0.2, 0.25) is 0 Å². The maximum Gasteiger partial charge on any atom is 0.410 e. The lowest BCUT2D eigenvalue weighted by Crippen LogP contribution is -2.51. The summed E-state index contributed by atoms with van der Waals surface area (Å²) in [7, 11) is 1.65. The van der Waals surface area contributed by atoms with Gasteiger partial charge in [0, 0.05) is 57.8 Å². The number of ether oxygens (including phenoxy) is 3. The average molecular weight is 758 g/mol. The second kappa shape index (κ2) is 17.1. The highest BCUT2D eigenvalue weighted by Gasteiger charge is 2.48. The van der Waals surface area contributed by atoms with Crippen LogP contribution in [0.5, 0.6) is 5.75 Å². The van der Waals surface area contributed by atoms with Crippen LogP contribution in [0, 0.1) is 11.3 Å². The molecule has 0 aromatic heterocycles. The number of halogens is 3. The fourth-order valence-electron chi connectivity index (χ4n) is 8.90. The van der Waals surface area contributed by atoms with Crippen molar-refractivity contribution in [3.8, 4) is 5.75 Å². The molecule has 54 heavy (non-hydrogen) atoms. The first-order valence-corrected chi connectivity index (χ1v) is 20.1. The molecule has 0 N–H and O–H groups in total. The van der Waals surface area contributed by atoms with Crippen LogP contribution in [-0.4, -0.2) is 97.7 Å². The Morgan fingerprint density at radius 3 is 2.09 bits per heavy atom. The van der Waals surface area contributed by atoms with E-state index in [1.54, 1.807) is 7.11 Å². The average Bonchev–Trinajstić information content (AvgIpc) is 3.10. The zero-order valence-corrected chi connectivity index (χ0v) is 34.2. The lowest BCUT2D eigenvalue weighted by molar-refractivity contribution is -0.217. The third-order valence-electron chi connectivity index (χ3n) is 12.1. The molecule has 10 heteroatoms. The van der Waals surface area contributed by atoms with E-state index in [4.69, 9.17) is 14.2 Å². The number of hydrogen-bond acceptors (Lipinski definition) is 6. The van der Waals surface area contributed by atoms with Gasteiger partial charge in [0.05, 0.1) is 18.1 Å². The number of carbonyl (C=O) groups is 1. The molecule has 2 aromatic carbocycles. The van der Waals surface area contributed by atoms with Crippen molar-refractivity contribution in [1.29, 1.82) is 0 Å². The lowest BCUT2D eigenvalue weighted by atomic mass is 9.67. The van der Waals surface area contributed by atoms with Gasteiger partial charge < -0.3 is 19.1 Å². The number of methoxy groups -OCH3 is 1. The number of nitrogens with zero attached hydrogens (tertiary/aromatic N) is 3. The van der Waals surface area contributed by atoms with Crippen molar-refractivity contribution in [3.05, 3.63) is 65.2 Å². The molecule has 2 aliphatic heterocycles. The van der Waals surface area contributed by atoms with Crippen LogP contribution in [0.25, 0.3) is 0 Å². The molecule has 7 nitrogen and oxygen atoms in total. The van der Waals surface area contributed by atoms with Gasteiger partial charge in [0.25, 0.3) is 0 Å². The van der Waals surface area contributed by atoms with Gasteiger partial charge in [-0.05, 0) is 141 Å². The Morgan fingerprint density at radius 2 is 1.54 bits per heavy atom. The fourth-order valence-corrected chi connectivity index (χ4v) is 8.90. The van der Waals surface area contributed by atoms with Crippen molar-refractivity contribution in [2.24, 2.45) is 11.3 Å². The van der Waals surface area contributed by atoms with Gasteiger partial charge in [-0.25, -0.2) is 4.79 Å². The van der Waals surface area contributed by atoms with E-state index < -0.39 is 17.2 Å². The molecule has 0 radical (unpaired) electrons. The van der Waals surface area contributed by atoms with E-state index in [0.29, 0.717) is 44.6 Å². The normalized spacial score (nSPS) is 24.4. The number of amides is 1. The minimum atomic E-state index is -4.31. The minimum Gasteiger partial charge on any atom is -0.497 e. The SMILES string of the molecule is COc1ccc([C@]2(CCN(Cc3ccc([C@H]4CC[C@@H](CN5CCN(C(=O)OC(C)(C)C)CC5)CC4)cc3)CC(C)(C)C(F)(F)F)CCOC(C)(C)C2)cc1. The minimum absolute atomic E-state index is 0.0725. The fraction of sp³-hybridized carbons (Fsp3) is 0.705. The molecule has 1 atom stereocenters. The summed E-state index contributed by atoms with van der Waals surface area (Å²) in [6.45, 7) is 18.4. The van der Waals surface area contributed by atoms with Gasteiger partial charge in [0.1, 0.15) is 11.4 Å². The van der Waals surface area contributed by atoms with Crippen LogP contribution in [0.4, 0.5) is 18.0 Å². The molecule has 5 rings (SSSR count). The Morgan fingerprint density at radius 1 is 0.907 bits per heavy atom. The van der Waals surface area contributed by atoms with Crippen LogP contribution >= 0.6 is 0 Å². The number of benzene rings is 2. The Labute approximate surface area is 322 Å². The molecule has 3 aliphatic rings. The van der Waals surface area contributed by atoms with Crippen molar-refractivity contribution in [1.82, 2.24) is 14.7 Å². The monoisotopic (exact) mass is 758 g/mol. The summed E-state index contributed by atoms with van der Waals surface area (Å²) in [5, 5.41) is 0. The highest BCUT2D eigenvalue weighted by molar-refractivity contribution is 5.68. The summed E-state index contributed by atoms with van der Waals surface area (Å²) in [6.07, 6.45) is 2.46. The summed E-state index contributed by atoms with van der Waals surface area (Å²) >= 11 is 0. The Balaban J connectivity index is 1.19. The van der Waals surface area contributed by atoms with Crippen LogP contribution in [0.3, 0.4) is 0 Å². The molecule has 0 spiro atoms. The molecular formula is C44H66F3N3O4. The molecule has 1 saturated carbocycles. The Bertz CT molecular complexity index is 1490. The van der Waals surface area contributed by atoms with E-state index in [2.05, 4.69) is 55.1 Å². The molecule has 2 heterocycles. The van der Waals surface area contributed by atoms with Gasteiger partial charge >= 0.3 is 12.3 Å². The van der Waals surface area contributed by atoms with Crippen molar-refractivity contribution in [2.45, 2.75) is 129 Å². The van der Waals surface area contributed by atoms with Crippen molar-refractivity contribution in [3.63, 3.8) is 0 Å². The smallest absolute Gasteiger partial charge is 0.410 e. The highest BCUT2D eigenvalue weighted by atomic mass is 19.4. The summed E-state index contributed by atoms with van der Waals surface area (Å²) in [5.74, 6) is 1.94. The highest BCUT2D eigenvalue weighted by Crippen LogP contribution is 2.45. The van der Waals surface area contributed by atoms with E-state index >= 15 is 0 Å². The van der Waals surface area contributed by atoms with Crippen LogP contribution in [-0.2, 0) is 21.4 Å². The van der Waals surface area contributed by atoms with Crippen LogP contribution < -0.4 is 4.74 Å². The first kappa shape index (κ1) is 42.3. The predicted molar refractivity (Wildman–Crippen MR) is 209 cm³/mol. The van der Waals surface area contributed by atoms with E-state index in [-0.39, 0.29) is 23.7 Å². The van der Waals surface area contributed by atoms with Gasteiger partial charge in [-0.2, -0.15) is 13.2 Å². The first-order valence-electron chi connectivity index (χ1n) is 20.1. The second-order valence-corrected chi connectivity index (χ2v) is 18.6. The second-order valence-electron chi connectivity index (χ2n) is 18.6. The molecule has 1 amide bonds. The number of hydrogen-bond donors (Lipinski definition) is 0. The van der Waals surface area contributed by atoms with Gasteiger partial charge in [-0.15, -0.1) is 0 Å². The first-order chi connectivity index (χ1) is 25.3. The molecule has 0 bridgehead atoms. The predicted octanol–water partition coefficient (Wildman–Crippen LogP) is 9.83. The largest absolute Gasteiger partial charge is 0.497 e. The van der Waals surface area contributed by atoms with E-state index in [9.17, 15) is 18.0 Å². The van der Waals surface area contributed by atoms with Gasteiger partial charge in [0.15, 0.2) is 0 Å². The number of rotatable bonds is 12. The molecule has 1 aliphatic carbocycles. The standard InChI is InChI=1S/C44H66F3N3O4/c1-40(2,3)54-39(51)50-26-24-48(25-27-50)29-33-9-13-35(14-10-33)36-15-11-34(12-16-36)30-49(32-41(4,5)44(45,46)47)23-21-43(22-28-53-42(6,7)31-43)37-17-19-38(52-8)20-18-37/h11-12,15-20,33,35H,9-10,13-14,21-32H2,1-8H3/t33-,35+,43-/m1/s1. The van der Waals surface area contributed by atoms with E-state index in [1.165, 1.54) is 37.8 Å². The van der Waals surface area contributed by atoms with Gasteiger partial charge in [0.2, 0.25) is 0 Å². The number of piperazine rings is 1. The molecule has 0 unspecified atom stereocenters. The van der Waals surface area contributed by atoms with E-state index in [1.807, 2.05) is 42.7 Å². The van der Waals surface area contributed by atoms with Crippen LogP contribution in [0.15, 0.2) is 48.5 Å². The summed E-state index contributed by atoms with van der Waals surface area (Å²) < 4.78 is 59.9. The summed E-state index contributed by atoms with van der Waals surface area (Å²) in [4.78, 5) is 18.8. The van der Waals surface area contributed by atoms with Crippen molar-refractivity contribution in [2.75, 3.05) is 59.5 Å². The zero-order chi connectivity index (χ0) is 39.4. The van der Waals surface area contributed by atoms with Crippen molar-refractivity contribution >= 4 is 6.09 Å². The molecule has 302 valence electrons. The third kappa shape index (κ3) is 11.4. The van der Waals surface area contributed by atoms with E-state index in [0.717, 1.165) is 63.1 Å². The maximum absolute atomic E-state index is 14.3. The Kier molecular flexibility index (Phi) is 13.4. The Hall–Kier alpha value is -2.82. The quantitative estimate of drug-likeness (QED) is 0.215. The molecular weight excluding hydrogens is 691 g/mol. The molecule has 3 fully saturated rings. The topological polar surface area (TPSA) is 54.5 Å². The number of alkyl halides is 3. The zero-order valence-electron chi connectivity index (χ0n) is 34.2. The molecule has 2 saturated heterocycles. The third-order valence-corrected chi connectivity index (χ3v) is 12.1. The van der Waals surface area contributed by atoms with Gasteiger partial charge in [-0.3, -0.25) is 9.80 Å². The van der Waals surface area contributed by atoms with Crippen molar-refractivity contribution < 1.29 is 32.2 Å². The van der Waals surface area contributed by atoms with Crippen LogP contribution in [0.1, 0.15) is 116 Å². The van der Waals surface area contributed by atoms with Gasteiger partial charge in [-0.1, -0.05) is 36.4 Å². The number of carbonyl (C=O) groups excluding carboxylic acids is 1. The maximum atomic E-state index is 14.3. The summed E-state index contributed by atoms with van der Waals surface area (Å²) in [6, 6.07) is 16.9.